The van der Waals surface area contributed by atoms with E-state index in [2.05, 4.69) is 9.98 Å². The summed E-state index contributed by atoms with van der Waals surface area (Å²) in [5.74, 6) is 0.380. The van der Waals surface area contributed by atoms with E-state index in [1.165, 1.54) is 6.21 Å². The Balaban J connectivity index is 4.92. The zero-order valence-electron chi connectivity index (χ0n) is 11.5. The molecule has 6 heteroatoms. The lowest BCUT2D eigenvalue weighted by atomic mass is 10.2. The van der Waals surface area contributed by atoms with Gasteiger partial charge in [-0.1, -0.05) is 25.5 Å². The number of nitrogens with two attached hydrogens (primary N) is 1. The highest BCUT2D eigenvalue weighted by Gasteiger charge is 2.33. The minimum atomic E-state index is -4.43. The van der Waals surface area contributed by atoms with Crippen LogP contribution in [0.2, 0.25) is 0 Å². The quantitative estimate of drug-likeness (QED) is 0.584. The molecule has 0 saturated carbocycles. The van der Waals surface area contributed by atoms with Crippen LogP contribution in [-0.2, 0) is 0 Å². The van der Waals surface area contributed by atoms with Gasteiger partial charge in [0.2, 0.25) is 0 Å². The second kappa shape index (κ2) is 8.50. The van der Waals surface area contributed by atoms with Crippen molar-refractivity contribution in [3.63, 3.8) is 0 Å². The zero-order chi connectivity index (χ0) is 14.9. The van der Waals surface area contributed by atoms with Crippen molar-refractivity contribution in [1.29, 1.82) is 0 Å². The first-order valence-electron chi connectivity index (χ1n) is 6.04. The van der Waals surface area contributed by atoms with Gasteiger partial charge in [0.15, 0.2) is 0 Å². The van der Waals surface area contributed by atoms with Crippen molar-refractivity contribution in [2.45, 2.75) is 39.8 Å². The van der Waals surface area contributed by atoms with Crippen LogP contribution in [0.3, 0.4) is 0 Å². The van der Waals surface area contributed by atoms with Crippen LogP contribution in [0.15, 0.2) is 33.4 Å². The summed E-state index contributed by atoms with van der Waals surface area (Å²) >= 11 is 0. The predicted molar refractivity (Wildman–Crippen MR) is 73.5 cm³/mol. The molecule has 0 aliphatic carbocycles. The number of halogens is 3. The van der Waals surface area contributed by atoms with Gasteiger partial charge < -0.3 is 5.73 Å². The lowest BCUT2D eigenvalue weighted by Crippen LogP contribution is -2.11. The topological polar surface area (TPSA) is 50.7 Å². The monoisotopic (exact) mass is 275 g/mol. The van der Waals surface area contributed by atoms with Gasteiger partial charge in [0.25, 0.3) is 0 Å². The summed E-state index contributed by atoms with van der Waals surface area (Å²) in [6, 6.07) is 0. The first-order chi connectivity index (χ1) is 8.81. The second-order valence-electron chi connectivity index (χ2n) is 3.96. The van der Waals surface area contributed by atoms with Gasteiger partial charge in [0.1, 0.15) is 5.70 Å². The Morgan fingerprint density at radius 3 is 2.37 bits per heavy atom. The fourth-order valence-electron chi connectivity index (χ4n) is 1.10. The highest BCUT2D eigenvalue weighted by molar-refractivity contribution is 5.82. The molecule has 0 unspecified atom stereocenters. The molecule has 0 saturated heterocycles. The third-order valence-electron chi connectivity index (χ3n) is 2.17. The van der Waals surface area contributed by atoms with E-state index in [-0.39, 0.29) is 6.54 Å². The van der Waals surface area contributed by atoms with Crippen LogP contribution >= 0.6 is 0 Å². The van der Waals surface area contributed by atoms with Crippen molar-refractivity contribution >= 4 is 12.1 Å². The Morgan fingerprint density at radius 2 is 1.95 bits per heavy atom. The standard InChI is InChI=1S/C13H20F3N3/c1-4-6-7-12(13(14,15)16)19-9-11(5-2)8-18-10(3)17/h5,7,9H,4,6,8H2,1-3H3,(H2,17,18)/b11-5-,12-7+,19-9+. The minimum absolute atomic E-state index is 0.223. The van der Waals surface area contributed by atoms with Gasteiger partial charge in [0, 0.05) is 6.21 Å². The van der Waals surface area contributed by atoms with Crippen LogP contribution in [-0.4, -0.2) is 24.8 Å². The minimum Gasteiger partial charge on any atom is -0.388 e. The summed E-state index contributed by atoms with van der Waals surface area (Å²) in [6.07, 6.45) is 0.490. The fourth-order valence-corrected chi connectivity index (χ4v) is 1.10. The molecule has 0 bridgehead atoms. The molecule has 3 nitrogen and oxygen atoms in total. The Morgan fingerprint density at radius 1 is 1.32 bits per heavy atom. The number of hydrogen-bond donors (Lipinski definition) is 1. The fraction of sp³-hybridized carbons (Fsp3) is 0.538. The van der Waals surface area contributed by atoms with E-state index >= 15 is 0 Å². The number of nitrogens with zero attached hydrogens (tertiary/aromatic N) is 2. The summed E-state index contributed by atoms with van der Waals surface area (Å²) in [5.41, 5.74) is 5.08. The number of rotatable bonds is 6. The smallest absolute Gasteiger partial charge is 0.388 e. The van der Waals surface area contributed by atoms with E-state index in [4.69, 9.17) is 5.73 Å². The van der Waals surface area contributed by atoms with Gasteiger partial charge in [-0.25, -0.2) is 0 Å². The van der Waals surface area contributed by atoms with Crippen LogP contribution in [0.5, 0.6) is 0 Å². The molecule has 0 atom stereocenters. The van der Waals surface area contributed by atoms with E-state index in [1.54, 1.807) is 19.9 Å². The van der Waals surface area contributed by atoms with Gasteiger partial charge in [-0.3, -0.25) is 9.98 Å². The number of alkyl halides is 3. The third kappa shape index (κ3) is 8.18. The highest BCUT2D eigenvalue weighted by Crippen LogP contribution is 2.27. The first-order valence-corrected chi connectivity index (χ1v) is 6.04. The summed E-state index contributed by atoms with van der Waals surface area (Å²) in [6.45, 7) is 5.37. The van der Waals surface area contributed by atoms with Crippen molar-refractivity contribution in [2.75, 3.05) is 6.54 Å². The van der Waals surface area contributed by atoms with Gasteiger partial charge in [-0.15, -0.1) is 0 Å². The SMILES string of the molecule is C\C=C(/C=N/C(=C/CCC)C(F)(F)F)CN=C(C)N. The van der Waals surface area contributed by atoms with E-state index in [9.17, 15) is 13.2 Å². The molecule has 0 heterocycles. The number of aliphatic imine (C=N–C) groups is 2. The van der Waals surface area contributed by atoms with Crippen molar-refractivity contribution in [3.05, 3.63) is 23.4 Å². The number of amidine groups is 1. The van der Waals surface area contributed by atoms with Gasteiger partial charge in [-0.05, 0) is 25.8 Å². The lowest BCUT2D eigenvalue weighted by Gasteiger charge is -2.07. The molecule has 0 aromatic rings. The molecule has 0 aromatic heterocycles. The number of unbranched alkanes of at least 4 members (excludes halogenated alkanes) is 1. The molecule has 2 N–H and O–H groups in total. The van der Waals surface area contributed by atoms with Crippen LogP contribution < -0.4 is 5.73 Å². The predicted octanol–water partition coefficient (Wildman–Crippen LogP) is 3.63. The van der Waals surface area contributed by atoms with Crippen LogP contribution in [0.1, 0.15) is 33.6 Å². The maximum absolute atomic E-state index is 12.7. The molecule has 0 spiro atoms. The van der Waals surface area contributed by atoms with E-state index in [0.29, 0.717) is 24.3 Å². The van der Waals surface area contributed by atoms with Crippen LogP contribution in [0.25, 0.3) is 0 Å². The van der Waals surface area contributed by atoms with Crippen molar-refractivity contribution in [3.8, 4) is 0 Å². The van der Waals surface area contributed by atoms with Gasteiger partial charge >= 0.3 is 6.18 Å². The van der Waals surface area contributed by atoms with Crippen LogP contribution in [0.4, 0.5) is 13.2 Å². The van der Waals surface area contributed by atoms with Gasteiger partial charge in [0.05, 0.1) is 12.4 Å². The zero-order valence-corrected chi connectivity index (χ0v) is 11.5. The second-order valence-corrected chi connectivity index (χ2v) is 3.96. The first kappa shape index (κ1) is 17.4. The lowest BCUT2D eigenvalue weighted by molar-refractivity contribution is -0.0925. The maximum atomic E-state index is 12.7. The average Bonchev–Trinajstić information content (AvgIpc) is 2.30. The molecule has 0 aliphatic heterocycles. The largest absolute Gasteiger partial charge is 0.433 e. The molecule has 0 amide bonds. The highest BCUT2D eigenvalue weighted by atomic mass is 19.4. The normalized spacial score (nSPS) is 15.4. The Labute approximate surface area is 111 Å². The van der Waals surface area contributed by atoms with E-state index in [1.807, 2.05) is 6.92 Å². The Bertz CT molecular complexity index is 386. The molecule has 0 aromatic carbocycles. The van der Waals surface area contributed by atoms with E-state index in [0.717, 1.165) is 6.08 Å². The molecule has 0 aliphatic rings. The number of hydrogen-bond acceptors (Lipinski definition) is 2. The molecule has 19 heavy (non-hydrogen) atoms. The average molecular weight is 275 g/mol. The molecular formula is C13H20F3N3. The Hall–Kier alpha value is -1.59. The van der Waals surface area contributed by atoms with Crippen molar-refractivity contribution in [1.82, 2.24) is 0 Å². The van der Waals surface area contributed by atoms with Crippen LogP contribution in [0, 0.1) is 0 Å². The molecule has 0 fully saturated rings. The van der Waals surface area contributed by atoms with Gasteiger partial charge in [-0.2, -0.15) is 13.2 Å². The summed E-state index contributed by atoms with van der Waals surface area (Å²) < 4.78 is 38.0. The van der Waals surface area contributed by atoms with Crippen molar-refractivity contribution < 1.29 is 13.2 Å². The molecule has 108 valence electrons. The third-order valence-corrected chi connectivity index (χ3v) is 2.17. The molecular weight excluding hydrogens is 255 g/mol. The number of allylic oxidation sites excluding steroid dienone is 3. The summed E-state index contributed by atoms with van der Waals surface area (Å²) in [5, 5.41) is 0. The summed E-state index contributed by atoms with van der Waals surface area (Å²) in [4.78, 5) is 7.45. The molecule has 0 radical (unpaired) electrons. The Kier molecular flexibility index (Phi) is 7.79. The molecule has 0 rings (SSSR count). The van der Waals surface area contributed by atoms with E-state index < -0.39 is 11.9 Å². The van der Waals surface area contributed by atoms with Crippen molar-refractivity contribution in [2.24, 2.45) is 15.7 Å². The summed E-state index contributed by atoms with van der Waals surface area (Å²) in [7, 11) is 0. The maximum Gasteiger partial charge on any atom is 0.433 e.